The fourth-order valence-electron chi connectivity index (χ4n) is 1.98. The summed E-state index contributed by atoms with van der Waals surface area (Å²) in [6, 6.07) is 0.609. The zero-order valence-corrected chi connectivity index (χ0v) is 11.0. The summed E-state index contributed by atoms with van der Waals surface area (Å²) in [7, 11) is 0. The summed E-state index contributed by atoms with van der Waals surface area (Å²) in [6.45, 7) is 2.87. The molecular weight excluding hydrogens is 248 g/mol. The maximum Gasteiger partial charge on any atom is 0.323 e. The van der Waals surface area contributed by atoms with Crippen LogP contribution >= 0.6 is 0 Å². The Kier molecular flexibility index (Phi) is 4.69. The first-order valence-corrected chi connectivity index (χ1v) is 6.51. The van der Waals surface area contributed by atoms with Crippen LogP contribution in [0.2, 0.25) is 0 Å². The second-order valence-corrected chi connectivity index (χ2v) is 4.32. The summed E-state index contributed by atoms with van der Waals surface area (Å²) in [4.78, 5) is 14.5. The standard InChI is InChI=1S/C11H20N6O2/c1-2-19-11-14-9(16-12)13-10(15-11)17(6-7-18)8-4-3-5-8/h8,18H,2-7,12H2,1H3,(H,13,14,15,16). The van der Waals surface area contributed by atoms with E-state index >= 15 is 0 Å². The van der Waals surface area contributed by atoms with E-state index in [1.165, 1.54) is 6.42 Å². The maximum atomic E-state index is 9.18. The predicted molar refractivity (Wildman–Crippen MR) is 70.9 cm³/mol. The fourth-order valence-corrected chi connectivity index (χ4v) is 1.98. The third kappa shape index (κ3) is 3.21. The number of nitrogens with one attached hydrogen (secondary N) is 1. The summed E-state index contributed by atoms with van der Waals surface area (Å²) in [5, 5.41) is 9.18. The van der Waals surface area contributed by atoms with Crippen molar-refractivity contribution in [1.29, 1.82) is 0 Å². The van der Waals surface area contributed by atoms with Gasteiger partial charge in [-0.15, -0.1) is 0 Å². The molecule has 0 aliphatic heterocycles. The molecule has 1 heterocycles. The van der Waals surface area contributed by atoms with E-state index in [-0.39, 0.29) is 18.6 Å². The fraction of sp³-hybridized carbons (Fsp3) is 0.727. The third-order valence-corrected chi connectivity index (χ3v) is 3.12. The first-order valence-electron chi connectivity index (χ1n) is 6.51. The molecule has 0 spiro atoms. The molecule has 8 nitrogen and oxygen atoms in total. The van der Waals surface area contributed by atoms with Gasteiger partial charge in [0.05, 0.1) is 13.2 Å². The SMILES string of the molecule is CCOc1nc(NN)nc(N(CCO)C2CCC2)n1. The monoisotopic (exact) mass is 268 g/mol. The van der Waals surface area contributed by atoms with Gasteiger partial charge in [-0.3, -0.25) is 5.43 Å². The maximum absolute atomic E-state index is 9.18. The lowest BCUT2D eigenvalue weighted by Crippen LogP contribution is -2.43. The largest absolute Gasteiger partial charge is 0.464 e. The van der Waals surface area contributed by atoms with Crippen molar-refractivity contribution in [1.82, 2.24) is 15.0 Å². The van der Waals surface area contributed by atoms with Crippen molar-refractivity contribution in [2.75, 3.05) is 30.1 Å². The second-order valence-electron chi connectivity index (χ2n) is 4.32. The molecular formula is C11H20N6O2. The van der Waals surface area contributed by atoms with E-state index < -0.39 is 0 Å². The summed E-state index contributed by atoms with van der Waals surface area (Å²) < 4.78 is 5.30. The average Bonchev–Trinajstić information content (AvgIpc) is 2.36. The second kappa shape index (κ2) is 6.48. The molecule has 0 radical (unpaired) electrons. The highest BCUT2D eigenvalue weighted by Crippen LogP contribution is 2.28. The predicted octanol–water partition coefficient (Wildman–Crippen LogP) is -0.0929. The van der Waals surface area contributed by atoms with Crippen LogP contribution in [0.3, 0.4) is 0 Å². The van der Waals surface area contributed by atoms with Crippen LogP contribution in [0.1, 0.15) is 26.2 Å². The van der Waals surface area contributed by atoms with Crippen molar-refractivity contribution >= 4 is 11.9 Å². The van der Waals surface area contributed by atoms with Crippen LogP contribution in [-0.2, 0) is 0 Å². The molecule has 0 atom stereocenters. The number of hydrogen-bond acceptors (Lipinski definition) is 8. The lowest BCUT2D eigenvalue weighted by atomic mass is 9.92. The molecule has 1 aromatic rings. The van der Waals surface area contributed by atoms with E-state index in [0.717, 1.165) is 12.8 Å². The Morgan fingerprint density at radius 3 is 2.74 bits per heavy atom. The molecule has 0 unspecified atom stereocenters. The Balaban J connectivity index is 2.25. The van der Waals surface area contributed by atoms with Gasteiger partial charge in [-0.05, 0) is 26.2 Å². The minimum Gasteiger partial charge on any atom is -0.464 e. The summed E-state index contributed by atoms with van der Waals surface area (Å²) in [6.07, 6.45) is 3.36. The van der Waals surface area contributed by atoms with E-state index in [9.17, 15) is 5.11 Å². The molecule has 106 valence electrons. The number of aliphatic hydroxyl groups excluding tert-OH is 1. The minimum absolute atomic E-state index is 0.0531. The van der Waals surface area contributed by atoms with Gasteiger partial charge in [0.2, 0.25) is 11.9 Å². The third-order valence-electron chi connectivity index (χ3n) is 3.12. The van der Waals surface area contributed by atoms with Gasteiger partial charge < -0.3 is 14.7 Å². The van der Waals surface area contributed by atoms with Crippen LogP contribution < -0.4 is 20.9 Å². The quantitative estimate of drug-likeness (QED) is 0.465. The van der Waals surface area contributed by atoms with Crippen molar-refractivity contribution in [3.05, 3.63) is 0 Å². The van der Waals surface area contributed by atoms with Crippen molar-refractivity contribution < 1.29 is 9.84 Å². The summed E-state index contributed by atoms with van der Waals surface area (Å²) in [5.74, 6) is 6.11. The van der Waals surface area contributed by atoms with E-state index in [2.05, 4.69) is 20.4 Å². The van der Waals surface area contributed by atoms with Gasteiger partial charge in [0.1, 0.15) is 0 Å². The van der Waals surface area contributed by atoms with E-state index in [4.69, 9.17) is 10.6 Å². The number of nitrogen functional groups attached to an aromatic ring is 1. The van der Waals surface area contributed by atoms with Gasteiger partial charge in [-0.1, -0.05) is 0 Å². The van der Waals surface area contributed by atoms with Crippen LogP contribution in [0.25, 0.3) is 0 Å². The molecule has 1 aromatic heterocycles. The van der Waals surface area contributed by atoms with Crippen LogP contribution in [0.4, 0.5) is 11.9 Å². The minimum atomic E-state index is 0.0531. The van der Waals surface area contributed by atoms with E-state index in [1.807, 2.05) is 11.8 Å². The van der Waals surface area contributed by atoms with Gasteiger partial charge in [0, 0.05) is 12.6 Å². The number of nitrogens with two attached hydrogens (primary N) is 1. The molecule has 19 heavy (non-hydrogen) atoms. The Hall–Kier alpha value is -1.67. The molecule has 8 heteroatoms. The highest BCUT2D eigenvalue weighted by atomic mass is 16.5. The number of rotatable bonds is 7. The topological polar surface area (TPSA) is 109 Å². The number of hydrogen-bond donors (Lipinski definition) is 3. The molecule has 1 aliphatic carbocycles. The van der Waals surface area contributed by atoms with Crippen LogP contribution in [0.15, 0.2) is 0 Å². The zero-order chi connectivity index (χ0) is 13.7. The Bertz CT molecular complexity index is 412. The Labute approximate surface area is 112 Å². The molecule has 0 saturated heterocycles. The van der Waals surface area contributed by atoms with Gasteiger partial charge in [0.25, 0.3) is 0 Å². The number of nitrogens with zero attached hydrogens (tertiary/aromatic N) is 4. The molecule has 4 N–H and O–H groups in total. The van der Waals surface area contributed by atoms with Crippen LogP contribution in [0, 0.1) is 0 Å². The molecule has 0 amide bonds. The Morgan fingerprint density at radius 1 is 1.42 bits per heavy atom. The molecule has 1 aliphatic rings. The first-order chi connectivity index (χ1) is 9.28. The van der Waals surface area contributed by atoms with Gasteiger partial charge >= 0.3 is 6.01 Å². The van der Waals surface area contributed by atoms with Crippen molar-refractivity contribution in [3.8, 4) is 6.01 Å². The van der Waals surface area contributed by atoms with Crippen molar-refractivity contribution in [2.24, 2.45) is 5.84 Å². The van der Waals surface area contributed by atoms with Crippen LogP contribution in [-0.4, -0.2) is 45.9 Å². The lowest BCUT2D eigenvalue weighted by molar-refractivity contribution is 0.280. The smallest absolute Gasteiger partial charge is 0.323 e. The van der Waals surface area contributed by atoms with Crippen LogP contribution in [0.5, 0.6) is 6.01 Å². The number of hydrazine groups is 1. The molecule has 1 saturated carbocycles. The van der Waals surface area contributed by atoms with Gasteiger partial charge in [-0.2, -0.15) is 15.0 Å². The number of ether oxygens (including phenoxy) is 1. The van der Waals surface area contributed by atoms with Gasteiger partial charge in [-0.25, -0.2) is 5.84 Å². The molecule has 0 aromatic carbocycles. The van der Waals surface area contributed by atoms with E-state index in [0.29, 0.717) is 25.1 Å². The van der Waals surface area contributed by atoms with E-state index in [1.54, 1.807) is 0 Å². The summed E-state index contributed by atoms with van der Waals surface area (Å²) >= 11 is 0. The normalized spacial score (nSPS) is 14.9. The number of anilines is 2. The highest BCUT2D eigenvalue weighted by molar-refractivity contribution is 5.39. The molecule has 2 rings (SSSR count). The zero-order valence-electron chi connectivity index (χ0n) is 11.0. The van der Waals surface area contributed by atoms with Crippen molar-refractivity contribution in [2.45, 2.75) is 32.2 Å². The highest BCUT2D eigenvalue weighted by Gasteiger charge is 2.27. The number of aromatic nitrogens is 3. The van der Waals surface area contributed by atoms with Crippen molar-refractivity contribution in [3.63, 3.8) is 0 Å². The number of aliphatic hydroxyl groups is 1. The lowest BCUT2D eigenvalue weighted by Gasteiger charge is -2.37. The summed E-state index contributed by atoms with van der Waals surface area (Å²) in [5.41, 5.74) is 2.41. The Morgan fingerprint density at radius 2 is 2.21 bits per heavy atom. The average molecular weight is 268 g/mol. The van der Waals surface area contributed by atoms with Gasteiger partial charge in [0.15, 0.2) is 0 Å². The first kappa shape index (κ1) is 13.8. The molecule has 1 fully saturated rings. The molecule has 0 bridgehead atoms.